The van der Waals surface area contributed by atoms with Crippen LogP contribution in [0.3, 0.4) is 0 Å². The molecule has 0 aliphatic carbocycles. The average Bonchev–Trinajstić information content (AvgIpc) is 2.39. The van der Waals surface area contributed by atoms with Gasteiger partial charge in [0.05, 0.1) is 4.92 Å². The first kappa shape index (κ1) is 13.3. The maximum Gasteiger partial charge on any atom is 0.339 e. The van der Waals surface area contributed by atoms with E-state index in [1.165, 1.54) is 0 Å². The quantitative estimate of drug-likeness (QED) is 0.672. The first-order chi connectivity index (χ1) is 9.47. The summed E-state index contributed by atoms with van der Waals surface area (Å²) in [5, 5.41) is 19.3. The smallest absolute Gasteiger partial charge is 0.339 e. The Morgan fingerprint density at radius 2 is 2.00 bits per heavy atom. The van der Waals surface area contributed by atoms with Crippen LogP contribution in [0.1, 0.15) is 10.4 Å². The van der Waals surface area contributed by atoms with Crippen LogP contribution in [-0.2, 0) is 0 Å². The van der Waals surface area contributed by atoms with Gasteiger partial charge in [-0.2, -0.15) is 9.97 Å². The number of nitro groups is 1. The maximum atomic E-state index is 13.1. The number of hydrogen-bond donors (Lipinski definition) is 1. The largest absolute Gasteiger partial charge is 0.478 e. The van der Waals surface area contributed by atoms with Gasteiger partial charge in [0.1, 0.15) is 29.5 Å². The number of halogens is 1. The molecule has 2 rings (SSSR count). The zero-order valence-corrected chi connectivity index (χ0v) is 9.69. The Balaban J connectivity index is 2.31. The van der Waals surface area contributed by atoms with E-state index in [4.69, 9.17) is 9.84 Å². The van der Waals surface area contributed by atoms with E-state index in [1.54, 1.807) is 0 Å². The molecular formula is C11H6FN3O5. The van der Waals surface area contributed by atoms with E-state index >= 15 is 0 Å². The Labute approximate surface area is 110 Å². The molecule has 0 amide bonds. The molecule has 9 heteroatoms. The lowest BCUT2D eigenvalue weighted by molar-refractivity contribution is -0.385. The summed E-state index contributed by atoms with van der Waals surface area (Å²) in [7, 11) is 0. The van der Waals surface area contributed by atoms with E-state index in [-0.39, 0.29) is 23.0 Å². The predicted octanol–water partition coefficient (Wildman–Crippen LogP) is 2.01. The van der Waals surface area contributed by atoms with Crippen LogP contribution in [0.5, 0.6) is 11.8 Å². The third-order valence-corrected chi connectivity index (χ3v) is 2.20. The number of carboxylic acids is 1. The van der Waals surface area contributed by atoms with Crippen molar-refractivity contribution in [1.29, 1.82) is 0 Å². The molecule has 1 N–H and O–H groups in total. The van der Waals surface area contributed by atoms with Crippen molar-refractivity contribution in [3.05, 3.63) is 52.1 Å². The van der Waals surface area contributed by atoms with Crippen LogP contribution in [0.15, 0.2) is 30.6 Å². The number of nitrogens with zero attached hydrogens (tertiary/aromatic N) is 3. The normalized spacial score (nSPS) is 10.1. The van der Waals surface area contributed by atoms with Crippen LogP contribution in [0, 0.1) is 15.9 Å². The summed E-state index contributed by atoms with van der Waals surface area (Å²) in [5.74, 6) is -2.32. The molecule has 1 aromatic carbocycles. The molecule has 1 aromatic heterocycles. The van der Waals surface area contributed by atoms with Gasteiger partial charge in [-0.05, 0) is 12.1 Å². The van der Waals surface area contributed by atoms with Gasteiger partial charge in [-0.3, -0.25) is 10.1 Å². The first-order valence-electron chi connectivity index (χ1n) is 5.14. The topological polar surface area (TPSA) is 115 Å². The van der Waals surface area contributed by atoms with Crippen molar-refractivity contribution in [1.82, 2.24) is 9.97 Å². The second-order valence-electron chi connectivity index (χ2n) is 3.53. The van der Waals surface area contributed by atoms with Crippen LogP contribution >= 0.6 is 0 Å². The summed E-state index contributed by atoms with van der Waals surface area (Å²) < 4.78 is 18.1. The van der Waals surface area contributed by atoms with Crippen LogP contribution in [0.2, 0.25) is 0 Å². The van der Waals surface area contributed by atoms with Crippen molar-refractivity contribution in [2.75, 3.05) is 0 Å². The maximum absolute atomic E-state index is 13.1. The summed E-state index contributed by atoms with van der Waals surface area (Å²) >= 11 is 0. The highest BCUT2D eigenvalue weighted by Crippen LogP contribution is 2.24. The second-order valence-corrected chi connectivity index (χ2v) is 3.53. The summed E-state index contributed by atoms with van der Waals surface area (Å²) in [5.41, 5.74) is -0.636. The Morgan fingerprint density at radius 1 is 1.35 bits per heavy atom. The lowest BCUT2D eigenvalue weighted by atomic mass is 10.2. The van der Waals surface area contributed by atoms with E-state index in [1.807, 2.05) is 0 Å². The van der Waals surface area contributed by atoms with Crippen LogP contribution in [-0.4, -0.2) is 26.0 Å². The minimum atomic E-state index is -1.32. The van der Waals surface area contributed by atoms with E-state index in [2.05, 4.69) is 9.97 Å². The standard InChI is InChI=1S/C11H6FN3O5/c12-6-1-2-8(10(16)17)9(3-6)20-11-13-4-7(5-14-11)15(18)19/h1-5H,(H,16,17). The first-order valence-corrected chi connectivity index (χ1v) is 5.14. The van der Waals surface area contributed by atoms with Crippen molar-refractivity contribution in [2.24, 2.45) is 0 Å². The van der Waals surface area contributed by atoms with Gasteiger partial charge < -0.3 is 9.84 Å². The Kier molecular flexibility index (Phi) is 3.51. The Bertz CT molecular complexity index is 674. The van der Waals surface area contributed by atoms with E-state index in [0.717, 1.165) is 30.6 Å². The highest BCUT2D eigenvalue weighted by Gasteiger charge is 2.15. The Morgan fingerprint density at radius 3 is 2.55 bits per heavy atom. The fraction of sp³-hybridized carbons (Fsp3) is 0. The number of rotatable bonds is 4. The third kappa shape index (κ3) is 2.83. The zero-order valence-electron chi connectivity index (χ0n) is 9.69. The molecule has 0 unspecified atom stereocenters. The molecule has 8 nitrogen and oxygen atoms in total. The molecular weight excluding hydrogens is 273 g/mol. The SMILES string of the molecule is O=C(O)c1ccc(F)cc1Oc1ncc([N+](=O)[O-])cn1. The molecule has 0 spiro atoms. The van der Waals surface area contributed by atoms with E-state index < -0.39 is 16.7 Å². The molecule has 0 radical (unpaired) electrons. The van der Waals surface area contributed by atoms with Gasteiger partial charge in [0.15, 0.2) is 0 Å². The summed E-state index contributed by atoms with van der Waals surface area (Å²) in [4.78, 5) is 27.7. The predicted molar refractivity (Wildman–Crippen MR) is 62.1 cm³/mol. The fourth-order valence-electron chi connectivity index (χ4n) is 1.31. The van der Waals surface area contributed by atoms with Crippen molar-refractivity contribution in [2.45, 2.75) is 0 Å². The molecule has 0 saturated heterocycles. The van der Waals surface area contributed by atoms with Crippen molar-refractivity contribution in [3.8, 4) is 11.8 Å². The number of carboxylic acid groups (broad SMARTS) is 1. The van der Waals surface area contributed by atoms with Gasteiger partial charge in [0, 0.05) is 6.07 Å². The molecule has 1 heterocycles. The summed E-state index contributed by atoms with van der Waals surface area (Å²) in [6.07, 6.45) is 1.78. The minimum absolute atomic E-state index is 0.284. The molecule has 0 aliphatic rings. The summed E-state index contributed by atoms with van der Waals surface area (Å²) in [6.45, 7) is 0. The van der Waals surface area contributed by atoms with Crippen molar-refractivity contribution >= 4 is 11.7 Å². The van der Waals surface area contributed by atoms with Crippen LogP contribution in [0.25, 0.3) is 0 Å². The molecule has 0 bridgehead atoms. The van der Waals surface area contributed by atoms with Gasteiger partial charge in [-0.1, -0.05) is 0 Å². The fourth-order valence-corrected chi connectivity index (χ4v) is 1.31. The van der Waals surface area contributed by atoms with Gasteiger partial charge >= 0.3 is 17.7 Å². The van der Waals surface area contributed by atoms with Crippen molar-refractivity contribution < 1.29 is 24.0 Å². The number of carbonyl (C=O) groups is 1. The zero-order chi connectivity index (χ0) is 14.7. The van der Waals surface area contributed by atoms with Gasteiger partial charge in [0.25, 0.3) is 0 Å². The number of aromatic carboxylic acids is 1. The van der Waals surface area contributed by atoms with E-state index in [0.29, 0.717) is 0 Å². The molecule has 102 valence electrons. The summed E-state index contributed by atoms with van der Waals surface area (Å²) in [6, 6.07) is 2.52. The number of benzene rings is 1. The van der Waals surface area contributed by atoms with Crippen molar-refractivity contribution in [3.63, 3.8) is 0 Å². The lowest BCUT2D eigenvalue weighted by Crippen LogP contribution is -2.02. The monoisotopic (exact) mass is 279 g/mol. The van der Waals surface area contributed by atoms with Crippen LogP contribution < -0.4 is 4.74 Å². The Hall–Kier alpha value is -3.10. The number of aromatic nitrogens is 2. The third-order valence-electron chi connectivity index (χ3n) is 2.20. The lowest BCUT2D eigenvalue weighted by Gasteiger charge is -2.06. The molecule has 0 fully saturated rings. The number of ether oxygens (including phenoxy) is 1. The molecule has 0 aliphatic heterocycles. The van der Waals surface area contributed by atoms with E-state index in [9.17, 15) is 19.3 Å². The van der Waals surface area contributed by atoms with Gasteiger partial charge in [-0.15, -0.1) is 0 Å². The molecule has 20 heavy (non-hydrogen) atoms. The van der Waals surface area contributed by atoms with Crippen LogP contribution in [0.4, 0.5) is 10.1 Å². The molecule has 0 saturated carbocycles. The highest BCUT2D eigenvalue weighted by molar-refractivity contribution is 5.90. The van der Waals surface area contributed by atoms with Gasteiger partial charge in [-0.25, -0.2) is 9.18 Å². The minimum Gasteiger partial charge on any atom is -0.478 e. The molecule has 0 atom stereocenters. The van der Waals surface area contributed by atoms with Gasteiger partial charge in [0.2, 0.25) is 0 Å². The average molecular weight is 279 g/mol. The molecule has 2 aromatic rings. The number of hydrogen-bond acceptors (Lipinski definition) is 6. The second kappa shape index (κ2) is 5.26. The highest BCUT2D eigenvalue weighted by atomic mass is 19.1.